The Balaban J connectivity index is 0.00000300. The highest BCUT2D eigenvalue weighted by atomic mass is 127. The Morgan fingerprint density at radius 2 is 2.00 bits per heavy atom. The maximum atomic E-state index is 5.39. The highest BCUT2D eigenvalue weighted by Crippen LogP contribution is 2.15. The van der Waals surface area contributed by atoms with Crippen LogP contribution in [-0.2, 0) is 13.0 Å². The van der Waals surface area contributed by atoms with Gasteiger partial charge in [0.2, 0.25) is 0 Å². The van der Waals surface area contributed by atoms with Crippen LogP contribution in [0.2, 0.25) is 0 Å². The van der Waals surface area contributed by atoms with E-state index in [9.17, 15) is 0 Å². The zero-order chi connectivity index (χ0) is 19.6. The van der Waals surface area contributed by atoms with E-state index in [-0.39, 0.29) is 24.0 Å². The number of guanidine groups is 1. The average molecular weight is 527 g/mol. The summed E-state index contributed by atoms with van der Waals surface area (Å²) < 4.78 is 7.66. The average Bonchev–Trinajstić information content (AvgIpc) is 3.32. The Labute approximate surface area is 194 Å². The number of furan rings is 1. The summed E-state index contributed by atoms with van der Waals surface area (Å²) in [7, 11) is 0. The fraction of sp³-hybridized carbons (Fsp3) is 0.429. The number of imidazole rings is 1. The molecule has 0 atom stereocenters. The van der Waals surface area contributed by atoms with Gasteiger partial charge in [-0.1, -0.05) is 12.1 Å². The van der Waals surface area contributed by atoms with Gasteiger partial charge in [-0.25, -0.2) is 4.98 Å². The van der Waals surface area contributed by atoms with E-state index < -0.39 is 0 Å². The Morgan fingerprint density at radius 1 is 1.17 bits per heavy atom. The minimum atomic E-state index is 0. The molecule has 0 amide bonds. The summed E-state index contributed by atoms with van der Waals surface area (Å²) in [6, 6.07) is 12.2. The lowest BCUT2D eigenvalue weighted by Gasteiger charge is -2.12. The fourth-order valence-electron chi connectivity index (χ4n) is 3.10. The summed E-state index contributed by atoms with van der Waals surface area (Å²) in [5, 5.41) is 6.81. The minimum Gasteiger partial charge on any atom is -0.469 e. The molecule has 0 radical (unpaired) electrons. The first-order valence-electron chi connectivity index (χ1n) is 9.73. The third-order valence-electron chi connectivity index (χ3n) is 4.50. The molecule has 0 aliphatic carbocycles. The van der Waals surface area contributed by atoms with Gasteiger partial charge >= 0.3 is 0 Å². The van der Waals surface area contributed by atoms with Crippen LogP contribution in [0.3, 0.4) is 0 Å². The van der Waals surface area contributed by atoms with Gasteiger partial charge in [0.15, 0.2) is 5.96 Å². The second-order valence-corrected chi connectivity index (χ2v) is 7.54. The molecule has 0 spiro atoms. The summed E-state index contributed by atoms with van der Waals surface area (Å²) in [4.78, 5) is 9.38. The molecule has 0 unspecified atom stereocenters. The Bertz CT molecular complexity index is 878. The molecule has 3 aromatic rings. The highest BCUT2D eigenvalue weighted by Gasteiger charge is 2.06. The van der Waals surface area contributed by atoms with Crippen LogP contribution >= 0.6 is 35.7 Å². The topological polar surface area (TPSA) is 67.4 Å². The van der Waals surface area contributed by atoms with Crippen LogP contribution in [0, 0.1) is 6.92 Å². The van der Waals surface area contributed by atoms with Crippen molar-refractivity contribution >= 4 is 52.7 Å². The molecular formula is C21H30IN5OS. The fourth-order valence-corrected chi connectivity index (χ4v) is 3.41. The van der Waals surface area contributed by atoms with E-state index >= 15 is 0 Å². The van der Waals surface area contributed by atoms with Crippen LogP contribution in [0.25, 0.3) is 11.0 Å². The number of rotatable bonds is 10. The number of benzene rings is 1. The monoisotopic (exact) mass is 527 g/mol. The lowest BCUT2D eigenvalue weighted by Crippen LogP contribution is -2.39. The smallest absolute Gasteiger partial charge is 0.191 e. The van der Waals surface area contributed by atoms with Crippen LogP contribution in [-0.4, -0.2) is 47.2 Å². The van der Waals surface area contributed by atoms with Crippen molar-refractivity contribution in [2.24, 2.45) is 4.99 Å². The predicted molar refractivity (Wildman–Crippen MR) is 134 cm³/mol. The first kappa shape index (κ1) is 23.6. The summed E-state index contributed by atoms with van der Waals surface area (Å²) in [5.41, 5.74) is 2.25. The number of para-hydroxylation sites is 2. The molecule has 6 nitrogen and oxygen atoms in total. The van der Waals surface area contributed by atoms with Crippen LogP contribution < -0.4 is 10.6 Å². The number of aromatic nitrogens is 2. The number of nitrogens with zero attached hydrogens (tertiary/aromatic N) is 3. The highest BCUT2D eigenvalue weighted by molar-refractivity contribution is 14.0. The van der Waals surface area contributed by atoms with E-state index in [1.54, 1.807) is 6.26 Å². The molecule has 2 aromatic heterocycles. The standard InChI is InChI=1S/C21H29N5OS.HI/c1-17-25-19-8-3-4-9-20(19)26(17)14-6-11-22-21(24-13-16-28-2)23-12-10-18-7-5-15-27-18;/h3-5,7-9,15H,6,10-14,16H2,1-2H3,(H2,22,23,24);1H. The van der Waals surface area contributed by atoms with Gasteiger partial charge in [0.1, 0.15) is 11.6 Å². The number of nitrogens with one attached hydrogen (secondary N) is 2. The van der Waals surface area contributed by atoms with Crippen molar-refractivity contribution in [2.45, 2.75) is 26.3 Å². The third kappa shape index (κ3) is 7.26. The molecule has 0 bridgehead atoms. The van der Waals surface area contributed by atoms with Crippen molar-refractivity contribution < 1.29 is 4.42 Å². The van der Waals surface area contributed by atoms with Crippen molar-refractivity contribution in [3.05, 3.63) is 54.2 Å². The van der Waals surface area contributed by atoms with E-state index in [2.05, 4.69) is 51.6 Å². The Morgan fingerprint density at radius 3 is 2.79 bits per heavy atom. The normalized spacial score (nSPS) is 11.4. The second-order valence-electron chi connectivity index (χ2n) is 6.56. The summed E-state index contributed by atoms with van der Waals surface area (Å²) in [6.07, 6.45) is 5.63. The molecule has 29 heavy (non-hydrogen) atoms. The Hall–Kier alpha value is -1.68. The van der Waals surface area contributed by atoms with Gasteiger partial charge in [-0.2, -0.15) is 11.8 Å². The van der Waals surface area contributed by atoms with Gasteiger partial charge in [0, 0.05) is 38.4 Å². The van der Waals surface area contributed by atoms with Crippen LogP contribution in [0.15, 0.2) is 52.1 Å². The van der Waals surface area contributed by atoms with Gasteiger partial charge in [0.05, 0.1) is 17.3 Å². The van der Waals surface area contributed by atoms with E-state index in [1.807, 2.05) is 30.0 Å². The predicted octanol–water partition coefficient (Wildman–Crippen LogP) is 4.09. The van der Waals surface area contributed by atoms with E-state index in [0.29, 0.717) is 0 Å². The summed E-state index contributed by atoms with van der Waals surface area (Å²) in [6.45, 7) is 5.44. The molecule has 3 rings (SSSR count). The van der Waals surface area contributed by atoms with Gasteiger partial charge in [-0.05, 0) is 43.9 Å². The molecule has 8 heteroatoms. The minimum absolute atomic E-state index is 0. The molecule has 2 heterocycles. The van der Waals surface area contributed by atoms with E-state index in [0.717, 1.165) is 67.8 Å². The zero-order valence-electron chi connectivity index (χ0n) is 17.1. The van der Waals surface area contributed by atoms with Crippen molar-refractivity contribution in [1.29, 1.82) is 0 Å². The van der Waals surface area contributed by atoms with Gasteiger partial charge in [-0.15, -0.1) is 24.0 Å². The van der Waals surface area contributed by atoms with E-state index in [4.69, 9.17) is 9.41 Å². The number of aliphatic imine (C=N–C) groups is 1. The molecule has 158 valence electrons. The molecule has 0 fully saturated rings. The van der Waals surface area contributed by atoms with Crippen LogP contribution in [0.5, 0.6) is 0 Å². The molecular weight excluding hydrogens is 497 g/mol. The molecule has 0 saturated heterocycles. The first-order chi connectivity index (χ1) is 13.8. The number of aryl methyl sites for hydroxylation is 2. The number of hydrogen-bond acceptors (Lipinski definition) is 4. The van der Waals surface area contributed by atoms with Crippen molar-refractivity contribution in [3.8, 4) is 0 Å². The molecule has 1 aromatic carbocycles. The molecule has 2 N–H and O–H groups in total. The van der Waals surface area contributed by atoms with Crippen molar-refractivity contribution in [3.63, 3.8) is 0 Å². The SMILES string of the molecule is CSCCNC(=NCCCn1c(C)nc2ccccc21)NCCc1ccco1.I. The maximum absolute atomic E-state index is 5.39. The van der Waals surface area contributed by atoms with Crippen LogP contribution in [0.4, 0.5) is 0 Å². The third-order valence-corrected chi connectivity index (χ3v) is 5.11. The lowest BCUT2D eigenvalue weighted by molar-refractivity contribution is 0.507. The Kier molecular flexibility index (Phi) is 10.4. The summed E-state index contributed by atoms with van der Waals surface area (Å²) in [5.74, 6) is 3.96. The van der Waals surface area contributed by atoms with Gasteiger partial charge in [-0.3, -0.25) is 4.99 Å². The number of thioether (sulfide) groups is 1. The van der Waals surface area contributed by atoms with Crippen molar-refractivity contribution in [2.75, 3.05) is 31.6 Å². The lowest BCUT2D eigenvalue weighted by atomic mass is 10.3. The zero-order valence-corrected chi connectivity index (χ0v) is 20.2. The second kappa shape index (κ2) is 12.8. The summed E-state index contributed by atoms with van der Waals surface area (Å²) >= 11 is 1.82. The van der Waals surface area contributed by atoms with Gasteiger partial charge < -0.3 is 19.6 Å². The van der Waals surface area contributed by atoms with Crippen LogP contribution in [0.1, 0.15) is 18.0 Å². The molecule has 0 aliphatic heterocycles. The van der Waals surface area contributed by atoms with E-state index in [1.165, 1.54) is 5.52 Å². The number of hydrogen-bond donors (Lipinski definition) is 2. The largest absolute Gasteiger partial charge is 0.469 e. The number of halogens is 1. The molecule has 0 aliphatic rings. The first-order valence-corrected chi connectivity index (χ1v) is 11.1. The van der Waals surface area contributed by atoms with Gasteiger partial charge in [0.25, 0.3) is 0 Å². The quantitative estimate of drug-likeness (QED) is 0.180. The number of fused-ring (bicyclic) bond motifs is 1. The maximum Gasteiger partial charge on any atom is 0.191 e. The van der Waals surface area contributed by atoms with Crippen molar-refractivity contribution in [1.82, 2.24) is 20.2 Å². The molecule has 0 saturated carbocycles.